The van der Waals surface area contributed by atoms with E-state index >= 15 is 0 Å². The fourth-order valence-corrected chi connectivity index (χ4v) is 2.44. The summed E-state index contributed by atoms with van der Waals surface area (Å²) in [6, 6.07) is 17.5. The van der Waals surface area contributed by atoms with Gasteiger partial charge < -0.3 is 9.73 Å². The molecule has 0 bridgehead atoms. The van der Waals surface area contributed by atoms with Gasteiger partial charge in [0.2, 0.25) is 5.91 Å². The number of carbonyl (C=O) groups is 1. The Morgan fingerprint density at radius 2 is 1.79 bits per heavy atom. The lowest BCUT2D eigenvalue weighted by atomic mass is 10.2. The molecule has 1 heterocycles. The number of rotatable bonds is 5. The third kappa shape index (κ3) is 3.90. The number of furan rings is 1. The molecule has 0 spiro atoms. The smallest absolute Gasteiger partial charge is 0.224 e. The highest BCUT2D eigenvalue weighted by atomic mass is 19.1. The van der Waals surface area contributed by atoms with Gasteiger partial charge in [-0.2, -0.15) is 0 Å². The van der Waals surface area contributed by atoms with Gasteiger partial charge in [-0.25, -0.2) is 4.39 Å². The second-order valence-corrected chi connectivity index (χ2v) is 5.64. The van der Waals surface area contributed by atoms with Crippen molar-refractivity contribution in [1.29, 1.82) is 0 Å². The molecule has 0 aliphatic rings. The number of para-hydroxylation sites is 1. The molecule has 0 radical (unpaired) electrons. The number of anilines is 1. The minimum atomic E-state index is -0.279. The van der Waals surface area contributed by atoms with E-state index in [4.69, 9.17) is 4.42 Å². The molecule has 1 N–H and O–H groups in total. The average Bonchev–Trinajstić information content (AvgIpc) is 3.05. The van der Waals surface area contributed by atoms with Crippen LogP contribution in [0.15, 0.2) is 65.1 Å². The molecule has 0 saturated carbocycles. The van der Waals surface area contributed by atoms with Crippen molar-refractivity contribution >= 4 is 11.6 Å². The predicted molar refractivity (Wildman–Crippen MR) is 92.2 cm³/mol. The molecule has 1 amide bonds. The van der Waals surface area contributed by atoms with Gasteiger partial charge in [-0.3, -0.25) is 4.79 Å². The summed E-state index contributed by atoms with van der Waals surface area (Å²) in [6.45, 7) is 1.96. The zero-order valence-corrected chi connectivity index (χ0v) is 13.4. The van der Waals surface area contributed by atoms with E-state index < -0.39 is 0 Å². The number of benzene rings is 2. The summed E-state index contributed by atoms with van der Waals surface area (Å²) in [5, 5.41) is 2.90. The van der Waals surface area contributed by atoms with E-state index in [2.05, 4.69) is 5.32 Å². The zero-order valence-electron chi connectivity index (χ0n) is 13.4. The Morgan fingerprint density at radius 1 is 1.04 bits per heavy atom. The van der Waals surface area contributed by atoms with Crippen molar-refractivity contribution < 1.29 is 13.6 Å². The maximum atomic E-state index is 12.9. The van der Waals surface area contributed by atoms with Crippen molar-refractivity contribution in [2.75, 3.05) is 5.32 Å². The van der Waals surface area contributed by atoms with Crippen LogP contribution in [-0.4, -0.2) is 5.91 Å². The minimum absolute atomic E-state index is 0.0518. The summed E-state index contributed by atoms with van der Waals surface area (Å²) in [5.74, 6) is 1.07. The molecular formula is C20H18FNO2. The first-order valence-corrected chi connectivity index (χ1v) is 7.82. The molecule has 2 aromatic carbocycles. The zero-order chi connectivity index (χ0) is 16.9. The molecule has 0 fully saturated rings. The molecule has 0 atom stereocenters. The summed E-state index contributed by atoms with van der Waals surface area (Å²) in [6.07, 6.45) is 0.851. The SMILES string of the molecule is Cc1ccccc1NC(=O)CCc1ccc(-c2ccc(F)cc2)o1. The molecule has 3 aromatic rings. The Labute approximate surface area is 140 Å². The van der Waals surface area contributed by atoms with Crippen LogP contribution in [0.25, 0.3) is 11.3 Å². The van der Waals surface area contributed by atoms with Crippen molar-refractivity contribution in [1.82, 2.24) is 0 Å². The van der Waals surface area contributed by atoms with Gasteiger partial charge in [0, 0.05) is 24.1 Å². The quantitative estimate of drug-likeness (QED) is 0.720. The molecule has 0 aliphatic heterocycles. The number of hydrogen-bond donors (Lipinski definition) is 1. The lowest BCUT2D eigenvalue weighted by Gasteiger charge is -2.07. The lowest BCUT2D eigenvalue weighted by Crippen LogP contribution is -2.12. The van der Waals surface area contributed by atoms with E-state index in [1.165, 1.54) is 12.1 Å². The van der Waals surface area contributed by atoms with E-state index in [-0.39, 0.29) is 11.7 Å². The highest BCUT2D eigenvalue weighted by molar-refractivity contribution is 5.91. The predicted octanol–water partition coefficient (Wildman–Crippen LogP) is 4.97. The number of halogens is 1. The third-order valence-electron chi connectivity index (χ3n) is 3.81. The van der Waals surface area contributed by atoms with Crippen LogP contribution in [0, 0.1) is 12.7 Å². The number of carbonyl (C=O) groups excluding carboxylic acids is 1. The molecule has 3 nitrogen and oxygen atoms in total. The van der Waals surface area contributed by atoms with Crippen LogP contribution < -0.4 is 5.32 Å². The molecule has 0 unspecified atom stereocenters. The first-order valence-electron chi connectivity index (χ1n) is 7.82. The fraction of sp³-hybridized carbons (Fsp3) is 0.150. The van der Waals surface area contributed by atoms with Crippen LogP contribution in [0.2, 0.25) is 0 Å². The van der Waals surface area contributed by atoms with Crippen molar-refractivity contribution in [2.24, 2.45) is 0 Å². The maximum Gasteiger partial charge on any atom is 0.224 e. The Bertz CT molecular complexity index is 837. The number of hydrogen-bond acceptors (Lipinski definition) is 2. The van der Waals surface area contributed by atoms with Gasteiger partial charge in [-0.1, -0.05) is 18.2 Å². The van der Waals surface area contributed by atoms with Gasteiger partial charge >= 0.3 is 0 Å². The van der Waals surface area contributed by atoms with Gasteiger partial charge in [0.05, 0.1) is 0 Å². The van der Waals surface area contributed by atoms with E-state index in [9.17, 15) is 9.18 Å². The number of amides is 1. The van der Waals surface area contributed by atoms with Crippen molar-refractivity contribution in [3.8, 4) is 11.3 Å². The summed E-state index contributed by atoms with van der Waals surface area (Å²) in [5.41, 5.74) is 2.67. The summed E-state index contributed by atoms with van der Waals surface area (Å²) < 4.78 is 18.7. The molecule has 3 rings (SSSR count). The highest BCUT2D eigenvalue weighted by Crippen LogP contribution is 2.23. The Hall–Kier alpha value is -2.88. The van der Waals surface area contributed by atoms with E-state index in [0.29, 0.717) is 18.6 Å². The number of nitrogens with one attached hydrogen (secondary N) is 1. The topological polar surface area (TPSA) is 42.2 Å². The molecule has 1 aromatic heterocycles. The molecule has 0 aliphatic carbocycles. The Balaban J connectivity index is 1.58. The minimum Gasteiger partial charge on any atom is -0.461 e. The Kier molecular flexibility index (Phi) is 4.75. The molecule has 4 heteroatoms. The third-order valence-corrected chi connectivity index (χ3v) is 3.81. The van der Waals surface area contributed by atoms with Crippen LogP contribution in [0.3, 0.4) is 0 Å². The van der Waals surface area contributed by atoms with Crippen LogP contribution in [0.1, 0.15) is 17.7 Å². The molecule has 24 heavy (non-hydrogen) atoms. The van der Waals surface area contributed by atoms with Gasteiger partial charge in [0.15, 0.2) is 0 Å². The Morgan fingerprint density at radius 3 is 2.54 bits per heavy atom. The number of aryl methyl sites for hydroxylation is 2. The normalized spacial score (nSPS) is 10.6. The molecule has 0 saturated heterocycles. The standard InChI is InChI=1S/C20H18FNO2/c1-14-4-2-3-5-18(14)22-20(23)13-11-17-10-12-19(24-17)15-6-8-16(21)9-7-15/h2-10,12H,11,13H2,1H3,(H,22,23). The summed E-state index contributed by atoms with van der Waals surface area (Å²) in [4.78, 5) is 12.1. The van der Waals surface area contributed by atoms with Gasteiger partial charge in [-0.05, 0) is 55.0 Å². The second kappa shape index (κ2) is 7.13. The summed E-state index contributed by atoms with van der Waals surface area (Å²) >= 11 is 0. The maximum absolute atomic E-state index is 12.9. The van der Waals surface area contributed by atoms with Crippen LogP contribution in [0.4, 0.5) is 10.1 Å². The summed E-state index contributed by atoms with van der Waals surface area (Å²) in [7, 11) is 0. The first kappa shape index (κ1) is 16.0. The van der Waals surface area contributed by atoms with Crippen molar-refractivity contribution in [3.63, 3.8) is 0 Å². The molecule has 122 valence electrons. The van der Waals surface area contributed by atoms with Gasteiger partial charge in [0.25, 0.3) is 0 Å². The van der Waals surface area contributed by atoms with Gasteiger partial charge in [0.1, 0.15) is 17.3 Å². The lowest BCUT2D eigenvalue weighted by molar-refractivity contribution is -0.116. The van der Waals surface area contributed by atoms with Crippen molar-refractivity contribution in [3.05, 3.63) is 77.8 Å². The van der Waals surface area contributed by atoms with E-state index in [0.717, 1.165) is 22.6 Å². The van der Waals surface area contributed by atoms with E-state index in [1.807, 2.05) is 43.3 Å². The van der Waals surface area contributed by atoms with Crippen LogP contribution in [-0.2, 0) is 11.2 Å². The monoisotopic (exact) mass is 323 g/mol. The van der Waals surface area contributed by atoms with Gasteiger partial charge in [-0.15, -0.1) is 0 Å². The fourth-order valence-electron chi connectivity index (χ4n) is 2.44. The van der Waals surface area contributed by atoms with Crippen molar-refractivity contribution in [2.45, 2.75) is 19.8 Å². The first-order chi connectivity index (χ1) is 11.6. The average molecular weight is 323 g/mol. The molecular weight excluding hydrogens is 305 g/mol. The second-order valence-electron chi connectivity index (χ2n) is 5.64. The largest absolute Gasteiger partial charge is 0.461 e. The highest BCUT2D eigenvalue weighted by Gasteiger charge is 2.09. The van der Waals surface area contributed by atoms with E-state index in [1.54, 1.807) is 12.1 Å². The van der Waals surface area contributed by atoms with Crippen LogP contribution in [0.5, 0.6) is 0 Å². The van der Waals surface area contributed by atoms with Crippen LogP contribution >= 0.6 is 0 Å².